The highest BCUT2D eigenvalue weighted by molar-refractivity contribution is 4.90. The Labute approximate surface area is 128 Å². The van der Waals surface area contributed by atoms with Crippen molar-refractivity contribution in [3.8, 4) is 0 Å². The van der Waals surface area contributed by atoms with Crippen LogP contribution in [0.2, 0.25) is 0 Å². The molecule has 0 amide bonds. The van der Waals surface area contributed by atoms with Gasteiger partial charge in [0.25, 0.3) is 0 Å². The van der Waals surface area contributed by atoms with Crippen LogP contribution in [-0.4, -0.2) is 0 Å². The zero-order valence-corrected chi connectivity index (χ0v) is 14.4. The normalized spacial score (nSPS) is 27.1. The summed E-state index contributed by atoms with van der Waals surface area (Å²) in [6.45, 7) is 7.59. The summed E-state index contributed by atoms with van der Waals surface area (Å²) in [4.78, 5) is 0. The van der Waals surface area contributed by atoms with Gasteiger partial charge in [0, 0.05) is 0 Å². The van der Waals surface area contributed by atoms with E-state index in [0.29, 0.717) is 5.41 Å². The van der Waals surface area contributed by atoms with Crippen LogP contribution in [0.25, 0.3) is 0 Å². The molecule has 0 aromatic rings. The minimum Gasteiger partial charge on any atom is -0.0651 e. The van der Waals surface area contributed by atoms with E-state index in [-0.39, 0.29) is 0 Å². The fourth-order valence-corrected chi connectivity index (χ4v) is 5.40. The third-order valence-electron chi connectivity index (χ3n) is 7.07. The molecular formula is C20H38. The maximum Gasteiger partial charge on any atom is -0.0272 e. The van der Waals surface area contributed by atoms with Crippen molar-refractivity contribution in [1.82, 2.24) is 0 Å². The number of rotatable bonds is 6. The van der Waals surface area contributed by atoms with E-state index in [1.165, 1.54) is 83.5 Å². The molecule has 118 valence electrons. The fourth-order valence-electron chi connectivity index (χ4n) is 5.40. The Hall–Kier alpha value is 0. The molecule has 20 heavy (non-hydrogen) atoms. The van der Waals surface area contributed by atoms with Crippen molar-refractivity contribution in [2.75, 3.05) is 0 Å². The quantitative estimate of drug-likeness (QED) is 0.491. The third-order valence-corrected chi connectivity index (χ3v) is 7.07. The lowest BCUT2D eigenvalue weighted by Gasteiger charge is -2.46. The van der Waals surface area contributed by atoms with Gasteiger partial charge in [0.2, 0.25) is 0 Å². The summed E-state index contributed by atoms with van der Waals surface area (Å²) >= 11 is 0. The predicted octanol–water partition coefficient (Wildman–Crippen LogP) is 6.98. The molecule has 0 aromatic carbocycles. The Balaban J connectivity index is 2.00. The Morgan fingerprint density at radius 3 is 1.90 bits per heavy atom. The summed E-state index contributed by atoms with van der Waals surface area (Å²) in [7, 11) is 0. The number of hydrogen-bond acceptors (Lipinski definition) is 0. The van der Waals surface area contributed by atoms with Crippen molar-refractivity contribution in [3.63, 3.8) is 0 Å². The van der Waals surface area contributed by atoms with Gasteiger partial charge in [-0.2, -0.15) is 0 Å². The van der Waals surface area contributed by atoms with Crippen molar-refractivity contribution in [3.05, 3.63) is 0 Å². The molecule has 0 aromatic heterocycles. The predicted molar refractivity (Wildman–Crippen MR) is 89.9 cm³/mol. The molecule has 0 saturated heterocycles. The Morgan fingerprint density at radius 2 is 1.40 bits per heavy atom. The molecule has 2 fully saturated rings. The second kappa shape index (κ2) is 7.85. The smallest absolute Gasteiger partial charge is 0.0272 e. The highest BCUT2D eigenvalue weighted by atomic mass is 14.4. The average Bonchev–Trinajstić information content (AvgIpc) is 2.53. The van der Waals surface area contributed by atoms with Gasteiger partial charge in [-0.1, -0.05) is 85.0 Å². The molecule has 2 atom stereocenters. The van der Waals surface area contributed by atoms with E-state index in [1.54, 1.807) is 0 Å². The van der Waals surface area contributed by atoms with Crippen LogP contribution in [0.5, 0.6) is 0 Å². The first kappa shape index (κ1) is 16.4. The van der Waals surface area contributed by atoms with Crippen molar-refractivity contribution < 1.29 is 0 Å². The van der Waals surface area contributed by atoms with Crippen molar-refractivity contribution >= 4 is 0 Å². The van der Waals surface area contributed by atoms with E-state index in [4.69, 9.17) is 0 Å². The van der Waals surface area contributed by atoms with Crippen LogP contribution < -0.4 is 0 Å². The zero-order chi connectivity index (χ0) is 14.4. The van der Waals surface area contributed by atoms with Gasteiger partial charge in [-0.3, -0.25) is 0 Å². The van der Waals surface area contributed by atoms with Crippen molar-refractivity contribution in [2.24, 2.45) is 23.2 Å². The first-order chi connectivity index (χ1) is 9.70. The topological polar surface area (TPSA) is 0 Å². The highest BCUT2D eigenvalue weighted by Gasteiger charge is 2.40. The van der Waals surface area contributed by atoms with Crippen LogP contribution in [0, 0.1) is 23.2 Å². The summed E-state index contributed by atoms with van der Waals surface area (Å²) in [5.74, 6) is 3.07. The Kier molecular flexibility index (Phi) is 6.43. The first-order valence-corrected chi connectivity index (χ1v) is 9.70. The molecule has 0 radical (unpaired) electrons. The molecule has 0 nitrogen and oxygen atoms in total. The minimum absolute atomic E-state index is 0.632. The molecule has 2 aliphatic rings. The number of hydrogen-bond donors (Lipinski definition) is 0. The monoisotopic (exact) mass is 278 g/mol. The van der Waals surface area contributed by atoms with Gasteiger partial charge >= 0.3 is 0 Å². The summed E-state index contributed by atoms with van der Waals surface area (Å²) in [5.41, 5.74) is 0.632. The van der Waals surface area contributed by atoms with Crippen LogP contribution in [-0.2, 0) is 0 Å². The second-order valence-electron chi connectivity index (χ2n) is 8.04. The molecule has 0 spiro atoms. The fraction of sp³-hybridized carbons (Fsp3) is 1.00. The molecule has 0 heterocycles. The highest BCUT2D eigenvalue weighted by Crippen LogP contribution is 2.50. The van der Waals surface area contributed by atoms with Crippen LogP contribution in [0.3, 0.4) is 0 Å². The van der Waals surface area contributed by atoms with Gasteiger partial charge in [0.05, 0.1) is 0 Å². The summed E-state index contributed by atoms with van der Waals surface area (Å²) in [6.07, 6.45) is 19.5. The molecule has 2 aliphatic carbocycles. The summed E-state index contributed by atoms with van der Waals surface area (Å²) in [5, 5.41) is 0. The summed E-state index contributed by atoms with van der Waals surface area (Å²) in [6, 6.07) is 0. The zero-order valence-electron chi connectivity index (χ0n) is 14.4. The van der Waals surface area contributed by atoms with Crippen LogP contribution in [0.1, 0.15) is 104 Å². The van der Waals surface area contributed by atoms with Gasteiger partial charge in [-0.15, -0.1) is 0 Å². The largest absolute Gasteiger partial charge is 0.0651 e. The average molecular weight is 279 g/mol. The molecular weight excluding hydrogens is 240 g/mol. The van der Waals surface area contributed by atoms with Crippen molar-refractivity contribution in [2.45, 2.75) is 104 Å². The molecule has 2 rings (SSSR count). The van der Waals surface area contributed by atoms with E-state index in [0.717, 1.165) is 17.8 Å². The first-order valence-electron chi connectivity index (χ1n) is 9.70. The van der Waals surface area contributed by atoms with E-state index in [2.05, 4.69) is 20.8 Å². The SMILES string of the molecule is CCC(CC1CCCCC1)C(C)(CC)C1CCCCC1. The second-order valence-corrected chi connectivity index (χ2v) is 8.04. The van der Waals surface area contributed by atoms with E-state index in [1.807, 2.05) is 0 Å². The van der Waals surface area contributed by atoms with Gasteiger partial charge in [0.1, 0.15) is 0 Å². The summed E-state index contributed by atoms with van der Waals surface area (Å²) < 4.78 is 0. The lowest BCUT2D eigenvalue weighted by Crippen LogP contribution is -2.37. The molecule has 0 bridgehead atoms. The molecule has 0 heteroatoms. The van der Waals surface area contributed by atoms with Crippen LogP contribution in [0.15, 0.2) is 0 Å². The maximum absolute atomic E-state index is 2.65. The minimum atomic E-state index is 0.632. The third kappa shape index (κ3) is 3.80. The Morgan fingerprint density at radius 1 is 0.850 bits per heavy atom. The molecule has 2 saturated carbocycles. The molecule has 0 N–H and O–H groups in total. The van der Waals surface area contributed by atoms with Gasteiger partial charge in [-0.05, 0) is 42.4 Å². The van der Waals surface area contributed by atoms with E-state index in [9.17, 15) is 0 Å². The van der Waals surface area contributed by atoms with Gasteiger partial charge in [0.15, 0.2) is 0 Å². The standard InChI is InChI=1S/C20H38/c1-4-18(16-17-12-8-6-9-13-17)20(3,5-2)19-14-10-7-11-15-19/h17-19H,4-16H2,1-3H3. The lowest BCUT2D eigenvalue weighted by atomic mass is 9.59. The van der Waals surface area contributed by atoms with Crippen LogP contribution >= 0.6 is 0 Å². The van der Waals surface area contributed by atoms with E-state index < -0.39 is 0 Å². The Bertz CT molecular complexity index is 257. The lowest BCUT2D eigenvalue weighted by molar-refractivity contribution is 0.0368. The van der Waals surface area contributed by atoms with Crippen LogP contribution in [0.4, 0.5) is 0 Å². The molecule has 2 unspecified atom stereocenters. The van der Waals surface area contributed by atoms with Gasteiger partial charge < -0.3 is 0 Å². The molecule has 0 aliphatic heterocycles. The maximum atomic E-state index is 2.65. The van der Waals surface area contributed by atoms with Gasteiger partial charge in [-0.25, -0.2) is 0 Å². The van der Waals surface area contributed by atoms with Crippen molar-refractivity contribution in [1.29, 1.82) is 0 Å². The van der Waals surface area contributed by atoms with E-state index >= 15 is 0 Å².